The van der Waals surface area contributed by atoms with E-state index >= 15 is 0 Å². The van der Waals surface area contributed by atoms with Gasteiger partial charge in [-0.15, -0.1) is 0 Å². The summed E-state index contributed by atoms with van der Waals surface area (Å²) in [7, 11) is 5.92. The van der Waals surface area contributed by atoms with Crippen molar-refractivity contribution in [3.8, 4) is 23.0 Å². The van der Waals surface area contributed by atoms with Crippen LogP contribution in [0.2, 0.25) is 10.0 Å². The zero-order valence-corrected chi connectivity index (χ0v) is 22.6. The van der Waals surface area contributed by atoms with Gasteiger partial charge in [0.25, 0.3) is 11.7 Å². The van der Waals surface area contributed by atoms with Gasteiger partial charge in [-0.1, -0.05) is 41.4 Å². The third-order valence-corrected chi connectivity index (χ3v) is 6.72. The summed E-state index contributed by atoms with van der Waals surface area (Å²) in [6.45, 7) is 0.0387. The van der Waals surface area contributed by atoms with E-state index in [9.17, 15) is 14.7 Å². The Morgan fingerprint density at radius 3 is 2.29 bits per heavy atom. The molecular formula is C28H25Cl2NO7. The normalized spacial score (nSPS) is 16.5. The summed E-state index contributed by atoms with van der Waals surface area (Å²) in [5.41, 5.74) is 1.18. The number of amides is 1. The van der Waals surface area contributed by atoms with Crippen molar-refractivity contribution in [3.63, 3.8) is 0 Å². The number of nitrogens with zero attached hydrogens (tertiary/aromatic N) is 1. The van der Waals surface area contributed by atoms with Gasteiger partial charge in [-0.3, -0.25) is 9.59 Å². The predicted octanol–water partition coefficient (Wildman–Crippen LogP) is 5.65. The van der Waals surface area contributed by atoms with E-state index in [1.807, 2.05) is 0 Å². The second kappa shape index (κ2) is 11.2. The van der Waals surface area contributed by atoms with E-state index < -0.39 is 23.5 Å². The first-order chi connectivity index (χ1) is 18.2. The molecule has 0 aliphatic carbocycles. The molecular weight excluding hydrogens is 533 g/mol. The lowest BCUT2D eigenvalue weighted by atomic mass is 9.94. The van der Waals surface area contributed by atoms with E-state index in [0.29, 0.717) is 28.4 Å². The first-order valence-electron chi connectivity index (χ1n) is 11.4. The fraction of sp³-hybridized carbons (Fsp3) is 0.214. The standard InChI is InChI=1S/C28H25Cl2NO7/c1-35-18-7-5-6-16(11-18)24-23(25(32)19-12-17(29)13-20(30)27(19)38-4)26(33)28(34)31(24)14-15-8-9-21(36-2)22(10-15)37-3/h5-13,24,32H,14H2,1-4H3/b25-23+. The molecule has 38 heavy (non-hydrogen) atoms. The SMILES string of the molecule is COc1cccc(C2/C(=C(\O)c3cc(Cl)cc(Cl)c3OC)C(=O)C(=O)N2Cc2ccc(OC)c(OC)c2)c1. The molecule has 1 atom stereocenters. The molecule has 1 aliphatic rings. The van der Waals surface area contributed by atoms with Crippen LogP contribution in [0.25, 0.3) is 5.76 Å². The van der Waals surface area contributed by atoms with Gasteiger partial charge in [0, 0.05) is 11.6 Å². The lowest BCUT2D eigenvalue weighted by molar-refractivity contribution is -0.140. The number of Topliss-reactive ketones (excluding diaryl/α,β-unsaturated/α-hetero) is 1. The summed E-state index contributed by atoms with van der Waals surface area (Å²) in [4.78, 5) is 28.3. The van der Waals surface area contributed by atoms with Crippen molar-refractivity contribution in [1.29, 1.82) is 0 Å². The lowest BCUT2D eigenvalue weighted by Gasteiger charge is -2.26. The molecule has 0 spiro atoms. The van der Waals surface area contributed by atoms with Gasteiger partial charge in [0.15, 0.2) is 11.5 Å². The van der Waals surface area contributed by atoms with E-state index in [1.165, 1.54) is 45.5 Å². The molecule has 198 valence electrons. The zero-order chi connectivity index (χ0) is 27.6. The Bertz CT molecular complexity index is 1440. The van der Waals surface area contributed by atoms with Crippen LogP contribution in [0.15, 0.2) is 60.2 Å². The van der Waals surface area contributed by atoms with E-state index in [-0.39, 0.29) is 33.5 Å². The fourth-order valence-electron chi connectivity index (χ4n) is 4.47. The molecule has 0 saturated carbocycles. The molecule has 0 bridgehead atoms. The third-order valence-electron chi connectivity index (χ3n) is 6.22. The fourth-order valence-corrected chi connectivity index (χ4v) is 5.04. The number of halogens is 2. The van der Waals surface area contributed by atoms with Crippen molar-refractivity contribution in [2.75, 3.05) is 28.4 Å². The number of carbonyl (C=O) groups excluding carboxylic acids is 2. The van der Waals surface area contributed by atoms with E-state index in [2.05, 4.69) is 0 Å². The maximum absolute atomic E-state index is 13.5. The number of benzene rings is 3. The molecule has 1 amide bonds. The number of hydrogen-bond acceptors (Lipinski definition) is 7. The van der Waals surface area contributed by atoms with Crippen molar-refractivity contribution < 1.29 is 33.6 Å². The summed E-state index contributed by atoms with van der Waals surface area (Å²) in [6, 6.07) is 14.0. The van der Waals surface area contributed by atoms with Crippen molar-refractivity contribution >= 4 is 40.7 Å². The van der Waals surface area contributed by atoms with Crippen LogP contribution in [0, 0.1) is 0 Å². The van der Waals surface area contributed by atoms with E-state index in [1.54, 1.807) is 42.5 Å². The Hall–Kier alpha value is -3.88. The summed E-state index contributed by atoms with van der Waals surface area (Å²) in [6.07, 6.45) is 0. The Labute approximate surface area is 229 Å². The topological polar surface area (TPSA) is 94.5 Å². The maximum atomic E-state index is 13.5. The number of methoxy groups -OCH3 is 4. The van der Waals surface area contributed by atoms with Crippen molar-refractivity contribution in [1.82, 2.24) is 4.90 Å². The number of carbonyl (C=O) groups is 2. The van der Waals surface area contributed by atoms with Crippen molar-refractivity contribution in [3.05, 3.63) is 86.9 Å². The number of rotatable bonds is 8. The van der Waals surface area contributed by atoms with E-state index in [4.69, 9.17) is 42.1 Å². The molecule has 10 heteroatoms. The van der Waals surface area contributed by atoms with Gasteiger partial charge in [0.1, 0.15) is 17.3 Å². The maximum Gasteiger partial charge on any atom is 0.295 e. The molecule has 0 aromatic heterocycles. The molecule has 1 heterocycles. The second-order valence-corrected chi connectivity index (χ2v) is 9.21. The Morgan fingerprint density at radius 2 is 1.63 bits per heavy atom. The number of aliphatic hydroxyl groups is 1. The van der Waals surface area contributed by atoms with E-state index in [0.717, 1.165) is 0 Å². The number of ketones is 1. The van der Waals surface area contributed by atoms with Gasteiger partial charge in [-0.2, -0.15) is 0 Å². The van der Waals surface area contributed by atoms with Crippen LogP contribution in [-0.2, 0) is 16.1 Å². The summed E-state index contributed by atoms with van der Waals surface area (Å²) >= 11 is 12.5. The van der Waals surface area contributed by atoms with Crippen LogP contribution in [0.3, 0.4) is 0 Å². The number of likely N-dealkylation sites (tertiary alicyclic amines) is 1. The van der Waals surface area contributed by atoms with Gasteiger partial charge >= 0.3 is 0 Å². The number of hydrogen-bond donors (Lipinski definition) is 1. The van der Waals surface area contributed by atoms with Crippen molar-refractivity contribution in [2.45, 2.75) is 12.6 Å². The highest BCUT2D eigenvalue weighted by Crippen LogP contribution is 2.44. The molecule has 3 aromatic rings. The van der Waals surface area contributed by atoms with Crippen LogP contribution < -0.4 is 18.9 Å². The Balaban J connectivity index is 1.92. The van der Waals surface area contributed by atoms with Crippen LogP contribution in [0.1, 0.15) is 22.7 Å². The van der Waals surface area contributed by atoms with Crippen LogP contribution in [-0.4, -0.2) is 50.1 Å². The average molecular weight is 558 g/mol. The minimum absolute atomic E-state index is 0.0387. The highest BCUT2D eigenvalue weighted by Gasteiger charge is 2.46. The lowest BCUT2D eigenvalue weighted by Crippen LogP contribution is -2.29. The zero-order valence-electron chi connectivity index (χ0n) is 21.1. The van der Waals surface area contributed by atoms with Gasteiger partial charge in [-0.25, -0.2) is 0 Å². The molecule has 1 saturated heterocycles. The first kappa shape index (κ1) is 27.2. The molecule has 1 aliphatic heterocycles. The quantitative estimate of drug-likeness (QED) is 0.217. The predicted molar refractivity (Wildman–Crippen MR) is 143 cm³/mol. The highest BCUT2D eigenvalue weighted by molar-refractivity contribution is 6.46. The summed E-state index contributed by atoms with van der Waals surface area (Å²) in [5.74, 6) is -0.500. The van der Waals surface area contributed by atoms with Crippen LogP contribution in [0.4, 0.5) is 0 Å². The summed E-state index contributed by atoms with van der Waals surface area (Å²) < 4.78 is 21.5. The highest BCUT2D eigenvalue weighted by atomic mass is 35.5. The second-order valence-electron chi connectivity index (χ2n) is 8.36. The number of ether oxygens (including phenoxy) is 4. The minimum Gasteiger partial charge on any atom is -0.507 e. The van der Waals surface area contributed by atoms with Crippen molar-refractivity contribution in [2.24, 2.45) is 0 Å². The number of aliphatic hydroxyl groups excluding tert-OH is 1. The molecule has 1 fully saturated rings. The van der Waals surface area contributed by atoms with Gasteiger partial charge in [0.2, 0.25) is 0 Å². The van der Waals surface area contributed by atoms with Gasteiger partial charge < -0.3 is 29.0 Å². The van der Waals surface area contributed by atoms with Gasteiger partial charge in [0.05, 0.1) is 50.6 Å². The minimum atomic E-state index is -0.958. The molecule has 1 N–H and O–H groups in total. The van der Waals surface area contributed by atoms with Gasteiger partial charge in [-0.05, 0) is 47.5 Å². The molecule has 3 aromatic carbocycles. The molecule has 4 rings (SSSR count). The largest absolute Gasteiger partial charge is 0.507 e. The molecule has 0 radical (unpaired) electrons. The Kier molecular flexibility index (Phi) is 8.04. The Morgan fingerprint density at radius 1 is 0.895 bits per heavy atom. The average Bonchev–Trinajstić information content (AvgIpc) is 3.17. The molecule has 8 nitrogen and oxygen atoms in total. The van der Waals surface area contributed by atoms with Crippen LogP contribution >= 0.6 is 23.2 Å². The summed E-state index contributed by atoms with van der Waals surface area (Å²) in [5, 5.41) is 11.8. The monoisotopic (exact) mass is 557 g/mol. The first-order valence-corrected chi connectivity index (χ1v) is 12.2. The molecule has 1 unspecified atom stereocenters. The smallest absolute Gasteiger partial charge is 0.295 e. The van der Waals surface area contributed by atoms with Crippen LogP contribution in [0.5, 0.6) is 23.0 Å². The third kappa shape index (κ3) is 4.97.